The zero-order chi connectivity index (χ0) is 14.7. The van der Waals surface area contributed by atoms with E-state index in [1.807, 2.05) is 0 Å². The van der Waals surface area contributed by atoms with Crippen LogP contribution in [0.15, 0.2) is 44.2 Å². The fourth-order valence-electron chi connectivity index (χ4n) is 1.57. The lowest BCUT2D eigenvalue weighted by molar-refractivity contribution is 0.0522. The predicted molar refractivity (Wildman–Crippen MR) is 79.1 cm³/mol. The smallest absolute Gasteiger partial charge is 0.345 e. The van der Waals surface area contributed by atoms with Crippen LogP contribution in [0.3, 0.4) is 0 Å². The van der Waals surface area contributed by atoms with E-state index in [-0.39, 0.29) is 12.2 Å². The topological polar surface area (TPSA) is 56.5 Å². The molecule has 2 rings (SSSR count). The maximum atomic E-state index is 11.9. The lowest BCUT2D eigenvalue weighted by Crippen LogP contribution is -2.16. The number of carbonyl (C=O) groups is 1. The first-order valence-corrected chi connectivity index (χ1v) is 6.95. The normalized spacial score (nSPS) is 10.3. The van der Waals surface area contributed by atoms with E-state index in [9.17, 15) is 9.59 Å². The molecular formula is C14H10BrClO4. The predicted octanol–water partition coefficient (Wildman–Crippen LogP) is 3.90. The first-order chi connectivity index (χ1) is 9.52. The summed E-state index contributed by atoms with van der Waals surface area (Å²) in [6.07, 6.45) is 1.10. The summed E-state index contributed by atoms with van der Waals surface area (Å²) >= 11 is 9.26. The molecule has 2 aromatic rings. The highest BCUT2D eigenvalue weighted by molar-refractivity contribution is 9.10. The molecule has 0 saturated carbocycles. The monoisotopic (exact) mass is 356 g/mol. The first kappa shape index (κ1) is 14.8. The summed E-state index contributed by atoms with van der Waals surface area (Å²) in [5.41, 5.74) is 0.0632. The van der Waals surface area contributed by atoms with Gasteiger partial charge in [-0.05, 0) is 35.0 Å². The molecule has 0 fully saturated rings. The Hall–Kier alpha value is -1.59. The molecule has 1 aromatic heterocycles. The minimum absolute atomic E-state index is 0.126. The van der Waals surface area contributed by atoms with E-state index in [0.717, 1.165) is 10.7 Å². The number of esters is 1. The highest BCUT2D eigenvalue weighted by Gasteiger charge is 2.14. The Morgan fingerprint density at radius 3 is 2.75 bits per heavy atom. The molecule has 0 radical (unpaired) electrons. The molecule has 0 atom stereocenters. The second kappa shape index (κ2) is 6.24. The van der Waals surface area contributed by atoms with Crippen molar-refractivity contribution in [3.8, 4) is 11.3 Å². The van der Waals surface area contributed by atoms with Crippen LogP contribution in [-0.4, -0.2) is 12.6 Å². The van der Waals surface area contributed by atoms with Crippen molar-refractivity contribution in [2.45, 2.75) is 6.92 Å². The Bertz CT molecular complexity index is 709. The fraction of sp³-hybridized carbons (Fsp3) is 0.143. The highest BCUT2D eigenvalue weighted by atomic mass is 79.9. The van der Waals surface area contributed by atoms with Crippen LogP contribution >= 0.6 is 27.5 Å². The summed E-state index contributed by atoms with van der Waals surface area (Å²) < 4.78 is 10.8. The van der Waals surface area contributed by atoms with Crippen LogP contribution in [0.4, 0.5) is 0 Å². The van der Waals surface area contributed by atoms with Crippen molar-refractivity contribution in [2.75, 3.05) is 6.61 Å². The van der Waals surface area contributed by atoms with Crippen molar-refractivity contribution < 1.29 is 13.9 Å². The quantitative estimate of drug-likeness (QED) is 0.782. The molecule has 1 heterocycles. The van der Waals surface area contributed by atoms with Gasteiger partial charge in [-0.2, -0.15) is 0 Å². The third-order valence-electron chi connectivity index (χ3n) is 2.53. The minimum atomic E-state index is -0.693. The molecule has 0 amide bonds. The third-order valence-corrected chi connectivity index (χ3v) is 3.76. The Morgan fingerprint density at radius 2 is 2.15 bits per heavy atom. The molecule has 0 saturated heterocycles. The maximum Gasteiger partial charge on any atom is 0.345 e. The number of hydrogen-bond donors (Lipinski definition) is 0. The molecule has 0 aliphatic rings. The van der Waals surface area contributed by atoms with Gasteiger partial charge in [0.05, 0.1) is 11.6 Å². The van der Waals surface area contributed by atoms with E-state index in [1.165, 1.54) is 6.07 Å². The van der Waals surface area contributed by atoms with Crippen molar-refractivity contribution in [1.82, 2.24) is 0 Å². The summed E-state index contributed by atoms with van der Waals surface area (Å²) in [4.78, 5) is 23.4. The van der Waals surface area contributed by atoms with E-state index in [0.29, 0.717) is 16.3 Å². The largest absolute Gasteiger partial charge is 0.463 e. The molecule has 6 heteroatoms. The van der Waals surface area contributed by atoms with E-state index in [1.54, 1.807) is 25.1 Å². The molecular weight excluding hydrogens is 348 g/mol. The third kappa shape index (κ3) is 3.11. The average Bonchev–Trinajstić information content (AvgIpc) is 2.42. The van der Waals surface area contributed by atoms with Gasteiger partial charge in [-0.1, -0.05) is 17.7 Å². The molecule has 104 valence electrons. The van der Waals surface area contributed by atoms with Gasteiger partial charge >= 0.3 is 5.97 Å². The van der Waals surface area contributed by atoms with Crippen LogP contribution in [0.5, 0.6) is 0 Å². The Kier molecular flexibility index (Phi) is 4.62. The molecule has 1 aromatic carbocycles. The Morgan fingerprint density at radius 1 is 1.40 bits per heavy atom. The van der Waals surface area contributed by atoms with E-state index < -0.39 is 11.4 Å². The molecule has 0 unspecified atom stereocenters. The summed E-state index contributed by atoms with van der Waals surface area (Å²) in [5.74, 6) is -0.362. The summed E-state index contributed by atoms with van der Waals surface area (Å²) in [5, 5.41) is 0.500. The van der Waals surface area contributed by atoms with Gasteiger partial charge in [0.25, 0.3) is 0 Å². The first-order valence-electron chi connectivity index (χ1n) is 5.78. The number of hydrogen-bond acceptors (Lipinski definition) is 4. The number of carbonyl (C=O) groups excluding carboxylic acids is 1. The Labute approximate surface area is 128 Å². The van der Waals surface area contributed by atoms with Gasteiger partial charge < -0.3 is 9.15 Å². The summed E-state index contributed by atoms with van der Waals surface area (Å²) in [6, 6.07) is 6.40. The van der Waals surface area contributed by atoms with Crippen LogP contribution in [0.1, 0.15) is 17.3 Å². The molecule has 20 heavy (non-hydrogen) atoms. The van der Waals surface area contributed by atoms with Gasteiger partial charge in [0.1, 0.15) is 17.6 Å². The summed E-state index contributed by atoms with van der Waals surface area (Å²) in [6.45, 7) is 1.86. The highest BCUT2D eigenvalue weighted by Crippen LogP contribution is 2.28. The zero-order valence-electron chi connectivity index (χ0n) is 10.5. The van der Waals surface area contributed by atoms with Gasteiger partial charge in [-0.25, -0.2) is 4.79 Å². The zero-order valence-corrected chi connectivity index (χ0v) is 12.8. The van der Waals surface area contributed by atoms with Gasteiger partial charge in [0.15, 0.2) is 5.43 Å². The second-order valence-electron chi connectivity index (χ2n) is 3.87. The molecule has 4 nitrogen and oxygen atoms in total. The van der Waals surface area contributed by atoms with Crippen LogP contribution in [0.25, 0.3) is 11.3 Å². The number of rotatable bonds is 3. The van der Waals surface area contributed by atoms with Crippen molar-refractivity contribution in [2.24, 2.45) is 0 Å². The van der Waals surface area contributed by atoms with Crippen LogP contribution in [-0.2, 0) is 4.74 Å². The van der Waals surface area contributed by atoms with Gasteiger partial charge in [0, 0.05) is 16.1 Å². The minimum Gasteiger partial charge on any atom is -0.463 e. The standard InChI is InChI=1S/C14H10BrClO4/c1-2-19-14(18)9-7-20-13(6-12(9)17)8-3-4-10(15)11(16)5-8/h3-7H,2H2,1H3. The Balaban J connectivity index is 2.40. The van der Waals surface area contributed by atoms with Crippen LogP contribution in [0.2, 0.25) is 5.02 Å². The van der Waals surface area contributed by atoms with E-state index >= 15 is 0 Å². The molecule has 0 spiro atoms. The molecule has 0 N–H and O–H groups in total. The number of halogens is 2. The SMILES string of the molecule is CCOC(=O)c1coc(-c2ccc(Br)c(Cl)c2)cc1=O. The molecule has 0 aliphatic carbocycles. The second-order valence-corrected chi connectivity index (χ2v) is 5.13. The lowest BCUT2D eigenvalue weighted by Gasteiger charge is -2.04. The van der Waals surface area contributed by atoms with E-state index in [2.05, 4.69) is 15.9 Å². The van der Waals surface area contributed by atoms with Crippen LogP contribution in [0, 0.1) is 0 Å². The lowest BCUT2D eigenvalue weighted by atomic mass is 10.1. The number of benzene rings is 1. The van der Waals surface area contributed by atoms with Crippen molar-refractivity contribution in [3.63, 3.8) is 0 Å². The fourth-order valence-corrected chi connectivity index (χ4v) is 2.00. The van der Waals surface area contributed by atoms with Gasteiger partial charge in [-0.15, -0.1) is 0 Å². The van der Waals surface area contributed by atoms with Crippen molar-refractivity contribution in [3.05, 3.63) is 55.8 Å². The van der Waals surface area contributed by atoms with E-state index in [4.69, 9.17) is 20.8 Å². The van der Waals surface area contributed by atoms with Crippen molar-refractivity contribution >= 4 is 33.5 Å². The average molecular weight is 358 g/mol. The maximum absolute atomic E-state index is 11.9. The van der Waals surface area contributed by atoms with Gasteiger partial charge in [-0.3, -0.25) is 4.79 Å². The summed E-state index contributed by atoms with van der Waals surface area (Å²) in [7, 11) is 0. The van der Waals surface area contributed by atoms with Crippen LogP contribution < -0.4 is 5.43 Å². The van der Waals surface area contributed by atoms with Crippen molar-refractivity contribution in [1.29, 1.82) is 0 Å². The number of ether oxygens (including phenoxy) is 1. The van der Waals surface area contributed by atoms with Gasteiger partial charge in [0.2, 0.25) is 0 Å². The molecule has 0 aliphatic heterocycles. The molecule has 0 bridgehead atoms.